The minimum atomic E-state index is -3.39. The SMILES string of the molecule is CS(=O)(=O)N(CCNC(=O)c1ccco1)Cc1ccco1. The van der Waals surface area contributed by atoms with Crippen molar-refractivity contribution in [2.24, 2.45) is 0 Å². The molecule has 1 N–H and O–H groups in total. The molecule has 21 heavy (non-hydrogen) atoms. The molecule has 8 heteroatoms. The molecule has 0 aliphatic carbocycles. The summed E-state index contributed by atoms with van der Waals surface area (Å²) in [6.07, 6.45) is 3.99. The van der Waals surface area contributed by atoms with Crippen LogP contribution in [0, 0.1) is 0 Å². The first-order valence-corrected chi connectivity index (χ1v) is 8.11. The lowest BCUT2D eigenvalue weighted by Crippen LogP contribution is -2.37. The van der Waals surface area contributed by atoms with Crippen LogP contribution >= 0.6 is 0 Å². The quantitative estimate of drug-likeness (QED) is 0.825. The van der Waals surface area contributed by atoms with Crippen LogP contribution in [0.25, 0.3) is 0 Å². The van der Waals surface area contributed by atoms with Crippen molar-refractivity contribution in [3.05, 3.63) is 48.3 Å². The fourth-order valence-corrected chi connectivity index (χ4v) is 2.51. The van der Waals surface area contributed by atoms with Crippen molar-refractivity contribution < 1.29 is 22.0 Å². The second kappa shape index (κ2) is 6.59. The minimum Gasteiger partial charge on any atom is -0.468 e. The van der Waals surface area contributed by atoms with Crippen LogP contribution in [0.5, 0.6) is 0 Å². The first kappa shape index (κ1) is 15.3. The maximum absolute atomic E-state index is 11.7. The van der Waals surface area contributed by atoms with E-state index in [0.29, 0.717) is 5.76 Å². The number of amides is 1. The summed E-state index contributed by atoms with van der Waals surface area (Å²) in [5.41, 5.74) is 0. The summed E-state index contributed by atoms with van der Waals surface area (Å²) in [7, 11) is -3.39. The third-order valence-electron chi connectivity index (χ3n) is 2.77. The molecule has 2 aromatic heterocycles. The van der Waals surface area contributed by atoms with Crippen LogP contribution in [-0.2, 0) is 16.6 Å². The molecule has 2 heterocycles. The van der Waals surface area contributed by atoms with Crippen LogP contribution in [0.4, 0.5) is 0 Å². The van der Waals surface area contributed by atoms with E-state index >= 15 is 0 Å². The molecule has 0 aliphatic rings. The standard InChI is InChI=1S/C13H16N2O5S/c1-21(17,18)15(10-11-4-2-8-19-11)7-6-14-13(16)12-5-3-9-20-12/h2-5,8-9H,6-7,10H2,1H3,(H,14,16). The summed E-state index contributed by atoms with van der Waals surface area (Å²) in [6.45, 7) is 0.446. The highest BCUT2D eigenvalue weighted by Crippen LogP contribution is 2.08. The lowest BCUT2D eigenvalue weighted by atomic mass is 10.4. The van der Waals surface area contributed by atoms with Gasteiger partial charge in [-0.1, -0.05) is 0 Å². The monoisotopic (exact) mass is 312 g/mol. The zero-order chi connectivity index (χ0) is 15.3. The third-order valence-corrected chi connectivity index (χ3v) is 4.02. The van der Waals surface area contributed by atoms with Crippen LogP contribution in [0.1, 0.15) is 16.3 Å². The van der Waals surface area contributed by atoms with Gasteiger partial charge >= 0.3 is 0 Å². The van der Waals surface area contributed by atoms with Crippen molar-refractivity contribution in [2.45, 2.75) is 6.54 Å². The molecule has 0 radical (unpaired) electrons. The van der Waals surface area contributed by atoms with Gasteiger partial charge in [0.25, 0.3) is 5.91 Å². The van der Waals surface area contributed by atoms with E-state index in [2.05, 4.69) is 5.32 Å². The zero-order valence-electron chi connectivity index (χ0n) is 11.5. The summed E-state index contributed by atoms with van der Waals surface area (Å²) in [4.78, 5) is 11.7. The minimum absolute atomic E-state index is 0.127. The number of hydrogen-bond donors (Lipinski definition) is 1. The summed E-state index contributed by atoms with van der Waals surface area (Å²) in [5, 5.41) is 2.60. The van der Waals surface area contributed by atoms with Gasteiger partial charge in [0.1, 0.15) is 5.76 Å². The van der Waals surface area contributed by atoms with E-state index in [1.54, 1.807) is 18.2 Å². The van der Waals surface area contributed by atoms with Gasteiger partial charge in [-0.3, -0.25) is 4.79 Å². The molecule has 0 atom stereocenters. The number of nitrogens with zero attached hydrogens (tertiary/aromatic N) is 1. The number of carbonyl (C=O) groups is 1. The summed E-state index contributed by atoms with van der Waals surface area (Å²) in [6, 6.07) is 6.52. The van der Waals surface area contributed by atoms with Gasteiger partial charge in [-0.25, -0.2) is 8.42 Å². The number of carbonyl (C=O) groups excluding carboxylic acids is 1. The van der Waals surface area contributed by atoms with Crippen molar-refractivity contribution in [3.63, 3.8) is 0 Å². The van der Waals surface area contributed by atoms with Gasteiger partial charge in [-0.05, 0) is 24.3 Å². The average Bonchev–Trinajstić information content (AvgIpc) is 3.09. The number of hydrogen-bond acceptors (Lipinski definition) is 5. The number of rotatable bonds is 7. The summed E-state index contributed by atoms with van der Waals surface area (Å²) in [5.74, 6) is 0.344. The second-order valence-electron chi connectivity index (χ2n) is 4.41. The fraction of sp³-hybridized carbons (Fsp3) is 0.308. The Morgan fingerprint density at radius 3 is 2.52 bits per heavy atom. The number of sulfonamides is 1. The van der Waals surface area contributed by atoms with Crippen LogP contribution in [0.15, 0.2) is 45.6 Å². The van der Waals surface area contributed by atoms with Gasteiger partial charge in [0.2, 0.25) is 10.0 Å². The average molecular weight is 312 g/mol. The largest absolute Gasteiger partial charge is 0.468 e. The van der Waals surface area contributed by atoms with Gasteiger partial charge in [0, 0.05) is 13.1 Å². The van der Waals surface area contributed by atoms with E-state index in [0.717, 1.165) is 6.26 Å². The van der Waals surface area contributed by atoms with Crippen LogP contribution in [0.3, 0.4) is 0 Å². The summed E-state index contributed by atoms with van der Waals surface area (Å²) >= 11 is 0. The molecule has 0 spiro atoms. The van der Waals surface area contributed by atoms with Gasteiger partial charge in [-0.2, -0.15) is 4.31 Å². The molecule has 2 rings (SSSR count). The van der Waals surface area contributed by atoms with Gasteiger partial charge in [0.15, 0.2) is 5.76 Å². The van der Waals surface area contributed by atoms with E-state index in [-0.39, 0.29) is 31.3 Å². The molecule has 0 fully saturated rings. The van der Waals surface area contributed by atoms with E-state index in [1.807, 2.05) is 0 Å². The van der Waals surface area contributed by atoms with Crippen molar-refractivity contribution in [1.29, 1.82) is 0 Å². The maximum atomic E-state index is 11.7. The molecule has 7 nitrogen and oxygen atoms in total. The van der Waals surface area contributed by atoms with E-state index in [4.69, 9.17) is 8.83 Å². The van der Waals surface area contributed by atoms with Crippen molar-refractivity contribution in [2.75, 3.05) is 19.3 Å². The fourth-order valence-electron chi connectivity index (χ4n) is 1.73. The maximum Gasteiger partial charge on any atom is 0.287 e. The van der Waals surface area contributed by atoms with E-state index < -0.39 is 10.0 Å². The molecule has 114 valence electrons. The Morgan fingerprint density at radius 2 is 1.95 bits per heavy atom. The van der Waals surface area contributed by atoms with Crippen LogP contribution in [-0.4, -0.2) is 38.0 Å². The highest BCUT2D eigenvalue weighted by molar-refractivity contribution is 7.88. The van der Waals surface area contributed by atoms with Crippen molar-refractivity contribution in [1.82, 2.24) is 9.62 Å². The first-order valence-electron chi connectivity index (χ1n) is 6.26. The molecular weight excluding hydrogens is 296 g/mol. The topological polar surface area (TPSA) is 92.8 Å². The lowest BCUT2D eigenvalue weighted by Gasteiger charge is -2.18. The van der Waals surface area contributed by atoms with E-state index in [9.17, 15) is 13.2 Å². The third kappa shape index (κ3) is 4.47. The van der Waals surface area contributed by atoms with Crippen molar-refractivity contribution in [3.8, 4) is 0 Å². The highest BCUT2D eigenvalue weighted by Gasteiger charge is 2.18. The molecule has 2 aromatic rings. The summed E-state index contributed by atoms with van der Waals surface area (Å²) < 4.78 is 34.7. The Labute approximate surface area is 122 Å². The Balaban J connectivity index is 1.89. The first-order chi connectivity index (χ1) is 9.97. The normalized spacial score (nSPS) is 11.7. The Morgan fingerprint density at radius 1 is 1.24 bits per heavy atom. The van der Waals surface area contributed by atoms with Gasteiger partial charge in [0.05, 0.1) is 25.3 Å². The molecule has 0 bridgehead atoms. The molecule has 0 aliphatic heterocycles. The van der Waals surface area contributed by atoms with Crippen LogP contribution < -0.4 is 5.32 Å². The predicted octanol–water partition coefficient (Wildman–Crippen LogP) is 1.06. The number of nitrogens with one attached hydrogen (secondary N) is 1. The van der Waals surface area contributed by atoms with Gasteiger partial charge in [-0.15, -0.1) is 0 Å². The second-order valence-corrected chi connectivity index (χ2v) is 6.39. The molecule has 0 saturated carbocycles. The highest BCUT2D eigenvalue weighted by atomic mass is 32.2. The Kier molecular flexibility index (Phi) is 4.81. The van der Waals surface area contributed by atoms with Crippen molar-refractivity contribution >= 4 is 15.9 Å². The lowest BCUT2D eigenvalue weighted by molar-refractivity contribution is 0.0923. The molecule has 0 unspecified atom stereocenters. The molecule has 0 saturated heterocycles. The van der Waals surface area contributed by atoms with Crippen LogP contribution in [0.2, 0.25) is 0 Å². The smallest absolute Gasteiger partial charge is 0.287 e. The predicted molar refractivity (Wildman–Crippen MR) is 75.0 cm³/mol. The van der Waals surface area contributed by atoms with Gasteiger partial charge < -0.3 is 14.2 Å². The van der Waals surface area contributed by atoms with E-state index in [1.165, 1.54) is 22.9 Å². The number of furan rings is 2. The molecule has 1 amide bonds. The Bertz CT molecular complexity index is 661. The Hall–Kier alpha value is -2.06. The zero-order valence-corrected chi connectivity index (χ0v) is 12.3. The molecule has 0 aromatic carbocycles. The molecular formula is C13H16N2O5S.